The molecule has 1 N–H and O–H groups in total. The quantitative estimate of drug-likeness (QED) is 0.733. The fraction of sp³-hybridized carbons (Fsp3) is 0.300. The first-order valence-corrected chi connectivity index (χ1v) is 8.87. The van der Waals surface area contributed by atoms with Gasteiger partial charge in [0.1, 0.15) is 11.8 Å². The molecule has 1 aromatic carbocycles. The van der Waals surface area contributed by atoms with E-state index in [0.29, 0.717) is 17.1 Å². The summed E-state index contributed by atoms with van der Waals surface area (Å²) in [5.74, 6) is 0.357. The van der Waals surface area contributed by atoms with Gasteiger partial charge in [0.05, 0.1) is 18.5 Å². The highest BCUT2D eigenvalue weighted by atomic mass is 16.5. The van der Waals surface area contributed by atoms with Crippen LogP contribution in [0.5, 0.6) is 5.75 Å². The van der Waals surface area contributed by atoms with Gasteiger partial charge in [-0.1, -0.05) is 0 Å². The highest BCUT2D eigenvalue weighted by Gasteiger charge is 2.20. The Bertz CT molecular complexity index is 1070. The van der Waals surface area contributed by atoms with Crippen LogP contribution < -0.4 is 15.6 Å². The summed E-state index contributed by atoms with van der Waals surface area (Å²) in [7, 11) is 3.43. The number of methoxy groups -OCH3 is 1. The third-order valence-corrected chi connectivity index (χ3v) is 4.69. The number of hydrogen-bond donors (Lipinski definition) is 1. The summed E-state index contributed by atoms with van der Waals surface area (Å²) in [5.41, 5.74) is 3.48. The van der Waals surface area contributed by atoms with Gasteiger partial charge in [-0.05, 0) is 51.1 Å². The van der Waals surface area contributed by atoms with Gasteiger partial charge in [-0.15, -0.1) is 0 Å². The van der Waals surface area contributed by atoms with Crippen LogP contribution in [0.2, 0.25) is 0 Å². The van der Waals surface area contributed by atoms with E-state index >= 15 is 0 Å². The van der Waals surface area contributed by atoms with Gasteiger partial charge in [0.2, 0.25) is 5.91 Å². The van der Waals surface area contributed by atoms with Crippen LogP contribution in [0.4, 0.5) is 5.69 Å². The Labute approximate surface area is 162 Å². The molecule has 0 radical (unpaired) electrons. The normalized spacial score (nSPS) is 11.9. The van der Waals surface area contributed by atoms with Gasteiger partial charge in [-0.25, -0.2) is 4.68 Å². The number of amides is 1. The summed E-state index contributed by atoms with van der Waals surface area (Å²) < 4.78 is 8.07. The van der Waals surface area contributed by atoms with Crippen LogP contribution in [-0.2, 0) is 11.8 Å². The maximum atomic E-state index is 12.6. The number of anilines is 1. The summed E-state index contributed by atoms with van der Waals surface area (Å²) in [6.45, 7) is 5.46. The van der Waals surface area contributed by atoms with Crippen LogP contribution in [0.3, 0.4) is 0 Å². The summed E-state index contributed by atoms with van der Waals surface area (Å²) in [6, 6.07) is 9.26. The van der Waals surface area contributed by atoms with E-state index in [1.807, 2.05) is 20.9 Å². The number of nitrogens with one attached hydrogen (secondary N) is 1. The van der Waals surface area contributed by atoms with E-state index < -0.39 is 6.04 Å². The van der Waals surface area contributed by atoms with Crippen LogP contribution in [-0.4, -0.2) is 32.6 Å². The standard InChI is InChI=1S/C20H23N5O3/c1-12-19(13(2)24(4)22-12)17-10-11-18(26)25(23-17)14(3)20(27)21-15-6-8-16(28-5)9-7-15/h6-11,14H,1-5H3,(H,21,27)/t14-/m1/s1. The Hall–Kier alpha value is -3.42. The monoisotopic (exact) mass is 381 g/mol. The molecule has 146 valence electrons. The topological polar surface area (TPSA) is 91.0 Å². The van der Waals surface area contributed by atoms with Crippen LogP contribution in [0.15, 0.2) is 41.2 Å². The van der Waals surface area contributed by atoms with Crippen molar-refractivity contribution in [2.75, 3.05) is 12.4 Å². The second-order valence-corrected chi connectivity index (χ2v) is 6.56. The summed E-state index contributed by atoms with van der Waals surface area (Å²) in [4.78, 5) is 25.0. The number of hydrogen-bond acceptors (Lipinski definition) is 5. The second kappa shape index (κ2) is 7.67. The van der Waals surface area contributed by atoms with Crippen molar-refractivity contribution >= 4 is 11.6 Å². The van der Waals surface area contributed by atoms with E-state index in [9.17, 15) is 9.59 Å². The molecule has 0 unspecified atom stereocenters. The fourth-order valence-corrected chi connectivity index (χ4v) is 3.01. The van der Waals surface area contributed by atoms with Gasteiger partial charge >= 0.3 is 0 Å². The first-order chi connectivity index (χ1) is 13.3. The minimum Gasteiger partial charge on any atom is -0.497 e. The largest absolute Gasteiger partial charge is 0.497 e. The first kappa shape index (κ1) is 19.3. The van der Waals surface area contributed by atoms with Gasteiger partial charge in [0.25, 0.3) is 5.56 Å². The lowest BCUT2D eigenvalue weighted by atomic mass is 10.1. The Morgan fingerprint density at radius 1 is 1.11 bits per heavy atom. The number of ether oxygens (including phenoxy) is 1. The molecule has 1 atom stereocenters. The molecule has 0 aliphatic heterocycles. The maximum Gasteiger partial charge on any atom is 0.267 e. The third kappa shape index (κ3) is 3.66. The highest BCUT2D eigenvalue weighted by molar-refractivity contribution is 5.93. The van der Waals surface area contributed by atoms with E-state index in [0.717, 1.165) is 17.0 Å². The Morgan fingerprint density at radius 3 is 2.36 bits per heavy atom. The molecule has 3 aromatic rings. The van der Waals surface area contributed by atoms with Crippen molar-refractivity contribution in [1.82, 2.24) is 19.6 Å². The zero-order valence-corrected chi connectivity index (χ0v) is 16.6. The number of aromatic nitrogens is 4. The van der Waals surface area contributed by atoms with Gasteiger partial charge in [-0.2, -0.15) is 10.2 Å². The zero-order chi connectivity index (χ0) is 20.4. The predicted molar refractivity (Wildman–Crippen MR) is 107 cm³/mol. The van der Waals surface area contributed by atoms with Crippen molar-refractivity contribution in [3.8, 4) is 17.0 Å². The fourth-order valence-electron chi connectivity index (χ4n) is 3.01. The number of carbonyl (C=O) groups excluding carboxylic acids is 1. The van der Waals surface area contributed by atoms with E-state index in [-0.39, 0.29) is 11.5 Å². The summed E-state index contributed by atoms with van der Waals surface area (Å²) in [5, 5.41) is 11.6. The van der Waals surface area contributed by atoms with Gasteiger partial charge < -0.3 is 10.1 Å². The van der Waals surface area contributed by atoms with E-state index in [1.165, 1.54) is 10.7 Å². The first-order valence-electron chi connectivity index (χ1n) is 8.87. The molecule has 0 saturated heterocycles. The van der Waals surface area contributed by atoms with Crippen molar-refractivity contribution in [3.63, 3.8) is 0 Å². The van der Waals surface area contributed by atoms with E-state index in [2.05, 4.69) is 15.5 Å². The molecule has 0 fully saturated rings. The van der Waals surface area contributed by atoms with Crippen molar-refractivity contribution in [2.24, 2.45) is 7.05 Å². The van der Waals surface area contributed by atoms with Crippen LogP contribution >= 0.6 is 0 Å². The average Bonchev–Trinajstić information content (AvgIpc) is 2.94. The molecule has 8 nitrogen and oxygen atoms in total. The Kier molecular flexibility index (Phi) is 5.30. The minimum absolute atomic E-state index is 0.337. The summed E-state index contributed by atoms with van der Waals surface area (Å²) in [6.07, 6.45) is 0. The smallest absolute Gasteiger partial charge is 0.267 e. The predicted octanol–water partition coefficient (Wildman–Crippen LogP) is 2.47. The Morgan fingerprint density at radius 2 is 1.79 bits per heavy atom. The maximum absolute atomic E-state index is 12.6. The lowest BCUT2D eigenvalue weighted by Gasteiger charge is -2.15. The average molecular weight is 381 g/mol. The van der Waals surface area contributed by atoms with Crippen molar-refractivity contribution in [3.05, 3.63) is 58.1 Å². The lowest BCUT2D eigenvalue weighted by Crippen LogP contribution is -2.33. The molecule has 0 bridgehead atoms. The second-order valence-electron chi connectivity index (χ2n) is 6.56. The number of aryl methyl sites for hydroxylation is 2. The van der Waals surface area contributed by atoms with Gasteiger partial charge in [-0.3, -0.25) is 14.3 Å². The molecular weight excluding hydrogens is 358 g/mol. The highest BCUT2D eigenvalue weighted by Crippen LogP contribution is 2.24. The van der Waals surface area contributed by atoms with E-state index in [1.54, 1.807) is 49.0 Å². The molecule has 0 aliphatic rings. The van der Waals surface area contributed by atoms with Crippen LogP contribution in [0, 0.1) is 13.8 Å². The van der Waals surface area contributed by atoms with Crippen LogP contribution in [0.1, 0.15) is 24.4 Å². The molecule has 0 aliphatic carbocycles. The SMILES string of the molecule is COc1ccc(NC(=O)[C@@H](C)n2nc(-c3c(C)nn(C)c3C)ccc2=O)cc1. The molecule has 28 heavy (non-hydrogen) atoms. The van der Waals surface area contributed by atoms with Crippen molar-refractivity contribution < 1.29 is 9.53 Å². The Balaban J connectivity index is 1.89. The number of benzene rings is 1. The number of nitrogens with zero attached hydrogens (tertiary/aromatic N) is 4. The molecule has 3 rings (SSSR count). The molecule has 8 heteroatoms. The van der Waals surface area contributed by atoms with Gasteiger partial charge in [0.15, 0.2) is 0 Å². The van der Waals surface area contributed by atoms with Gasteiger partial charge in [0, 0.05) is 30.1 Å². The van der Waals surface area contributed by atoms with Crippen molar-refractivity contribution in [2.45, 2.75) is 26.8 Å². The van der Waals surface area contributed by atoms with E-state index in [4.69, 9.17) is 4.74 Å². The molecule has 2 aromatic heterocycles. The molecule has 0 spiro atoms. The van der Waals surface area contributed by atoms with Crippen molar-refractivity contribution in [1.29, 1.82) is 0 Å². The number of carbonyl (C=O) groups is 1. The lowest BCUT2D eigenvalue weighted by molar-refractivity contribution is -0.119. The zero-order valence-electron chi connectivity index (χ0n) is 16.6. The summed E-state index contributed by atoms with van der Waals surface area (Å²) >= 11 is 0. The third-order valence-electron chi connectivity index (χ3n) is 4.69. The molecule has 0 saturated carbocycles. The molecular formula is C20H23N5O3. The minimum atomic E-state index is -0.785. The number of rotatable bonds is 5. The molecule has 1 amide bonds. The van der Waals surface area contributed by atoms with Crippen LogP contribution in [0.25, 0.3) is 11.3 Å². The molecule has 2 heterocycles.